The molecule has 5 nitrogen and oxygen atoms in total. The fourth-order valence-electron chi connectivity index (χ4n) is 1.64. The van der Waals surface area contributed by atoms with Gasteiger partial charge in [0, 0.05) is 13.0 Å². The lowest BCUT2D eigenvalue weighted by Crippen LogP contribution is -2.24. The van der Waals surface area contributed by atoms with Gasteiger partial charge in [0.15, 0.2) is 0 Å². The predicted molar refractivity (Wildman–Crippen MR) is 71.8 cm³/mol. The van der Waals surface area contributed by atoms with Gasteiger partial charge in [0.05, 0.1) is 11.8 Å². The molecule has 1 amide bonds. The first-order valence-corrected chi connectivity index (χ1v) is 6.04. The molecule has 17 heavy (non-hydrogen) atoms. The lowest BCUT2D eigenvalue weighted by Gasteiger charge is -2.13. The summed E-state index contributed by atoms with van der Waals surface area (Å²) >= 11 is 4.91. The van der Waals surface area contributed by atoms with Gasteiger partial charge in [-0.3, -0.25) is 9.48 Å². The van der Waals surface area contributed by atoms with Crippen molar-refractivity contribution in [1.82, 2.24) is 9.78 Å². The molecule has 94 valence electrons. The minimum Gasteiger partial charge on any atom is -0.389 e. The molecule has 0 radical (unpaired) electrons. The average molecular weight is 254 g/mol. The van der Waals surface area contributed by atoms with Crippen LogP contribution in [0.3, 0.4) is 0 Å². The van der Waals surface area contributed by atoms with Crippen molar-refractivity contribution in [2.45, 2.75) is 26.7 Å². The number of nitrogens with zero attached hydrogens (tertiary/aromatic N) is 2. The second-order valence-corrected chi connectivity index (χ2v) is 4.34. The lowest BCUT2D eigenvalue weighted by molar-refractivity contribution is -0.120. The molecule has 1 aromatic rings. The number of anilines is 1. The number of carbonyl (C=O) groups is 1. The van der Waals surface area contributed by atoms with Crippen LogP contribution in [0.2, 0.25) is 0 Å². The first kappa shape index (κ1) is 13.6. The first-order valence-electron chi connectivity index (χ1n) is 5.63. The Kier molecular flexibility index (Phi) is 4.62. The third-order valence-corrected chi connectivity index (χ3v) is 3.02. The molecule has 0 saturated heterocycles. The van der Waals surface area contributed by atoms with Crippen LogP contribution in [0.25, 0.3) is 0 Å². The zero-order chi connectivity index (χ0) is 13.0. The van der Waals surface area contributed by atoms with Gasteiger partial charge >= 0.3 is 0 Å². The van der Waals surface area contributed by atoms with Crippen LogP contribution in [0.1, 0.15) is 32.3 Å². The highest BCUT2D eigenvalue weighted by Gasteiger charge is 2.18. The maximum atomic E-state index is 12.0. The van der Waals surface area contributed by atoms with Gasteiger partial charge in [0.1, 0.15) is 10.8 Å². The number of carbonyl (C=O) groups excluding carboxylic acids is 1. The summed E-state index contributed by atoms with van der Waals surface area (Å²) in [4.78, 5) is 12.2. The summed E-state index contributed by atoms with van der Waals surface area (Å²) < 4.78 is 1.56. The number of nitrogens with two attached hydrogens (primary N) is 1. The molecular weight excluding hydrogens is 236 g/mol. The Balaban J connectivity index is 2.91. The molecule has 0 bridgehead atoms. The van der Waals surface area contributed by atoms with Crippen LogP contribution in [0.5, 0.6) is 0 Å². The second kappa shape index (κ2) is 5.77. The molecule has 0 unspecified atom stereocenters. The zero-order valence-electron chi connectivity index (χ0n) is 10.4. The minimum atomic E-state index is -0.0175. The maximum Gasteiger partial charge on any atom is 0.228 e. The Morgan fingerprint density at radius 1 is 1.59 bits per heavy atom. The lowest BCUT2D eigenvalue weighted by atomic mass is 10.0. The summed E-state index contributed by atoms with van der Waals surface area (Å²) in [5.41, 5.74) is 6.17. The highest BCUT2D eigenvalue weighted by molar-refractivity contribution is 7.80. The van der Waals surface area contributed by atoms with Crippen molar-refractivity contribution in [3.05, 3.63) is 11.8 Å². The topological polar surface area (TPSA) is 72.9 Å². The summed E-state index contributed by atoms with van der Waals surface area (Å²) in [6.07, 6.45) is 3.18. The normalized spacial score (nSPS) is 10.6. The van der Waals surface area contributed by atoms with Crippen LogP contribution in [0.15, 0.2) is 6.20 Å². The number of amides is 1. The molecule has 0 spiro atoms. The highest BCUT2D eigenvalue weighted by Crippen LogP contribution is 2.17. The van der Waals surface area contributed by atoms with Gasteiger partial charge in [-0.1, -0.05) is 26.1 Å². The molecule has 0 saturated carbocycles. The Hall–Kier alpha value is -1.43. The maximum absolute atomic E-state index is 12.0. The van der Waals surface area contributed by atoms with Crippen molar-refractivity contribution in [3.63, 3.8) is 0 Å². The third kappa shape index (κ3) is 3.03. The Morgan fingerprint density at radius 2 is 2.18 bits per heavy atom. The van der Waals surface area contributed by atoms with Gasteiger partial charge in [0.25, 0.3) is 0 Å². The number of rotatable bonds is 5. The smallest absolute Gasteiger partial charge is 0.228 e. The van der Waals surface area contributed by atoms with Crippen molar-refractivity contribution in [2.75, 3.05) is 5.32 Å². The Labute approximate surface area is 106 Å². The standard InChI is InChI=1S/C11H18N4OS/c1-4-7(5-2)11(16)14-10-8(9(12)17)6-13-15(10)3/h6-7H,4-5H2,1-3H3,(H2,12,17)(H,14,16). The summed E-state index contributed by atoms with van der Waals surface area (Å²) in [6.45, 7) is 3.98. The molecule has 3 N–H and O–H groups in total. The average Bonchev–Trinajstić information content (AvgIpc) is 2.62. The van der Waals surface area contributed by atoms with Crippen LogP contribution in [-0.2, 0) is 11.8 Å². The predicted octanol–water partition coefficient (Wildman–Crippen LogP) is 1.43. The molecule has 0 aliphatic heterocycles. The molecule has 0 fully saturated rings. The Bertz CT molecular complexity index is 423. The van der Waals surface area contributed by atoms with E-state index in [4.69, 9.17) is 18.0 Å². The van der Waals surface area contributed by atoms with Gasteiger partial charge in [-0.05, 0) is 12.8 Å². The summed E-state index contributed by atoms with van der Waals surface area (Å²) in [5.74, 6) is 0.551. The van der Waals surface area contributed by atoms with Crippen molar-refractivity contribution >= 4 is 28.9 Å². The molecule has 6 heteroatoms. The largest absolute Gasteiger partial charge is 0.389 e. The molecule has 0 atom stereocenters. The zero-order valence-corrected chi connectivity index (χ0v) is 11.2. The molecule has 0 aliphatic carbocycles. The second-order valence-electron chi connectivity index (χ2n) is 3.90. The van der Waals surface area contributed by atoms with Crippen molar-refractivity contribution in [2.24, 2.45) is 18.7 Å². The monoisotopic (exact) mass is 254 g/mol. The fourth-order valence-corrected chi connectivity index (χ4v) is 1.79. The molecule has 1 rings (SSSR count). The first-order chi connectivity index (χ1) is 8.01. The van der Waals surface area contributed by atoms with E-state index in [1.165, 1.54) is 0 Å². The van der Waals surface area contributed by atoms with Crippen molar-refractivity contribution in [3.8, 4) is 0 Å². The summed E-state index contributed by atoms with van der Waals surface area (Å²) in [7, 11) is 1.74. The quantitative estimate of drug-likeness (QED) is 0.780. The van der Waals surface area contributed by atoms with E-state index in [1.54, 1.807) is 17.9 Å². The van der Waals surface area contributed by atoms with E-state index >= 15 is 0 Å². The molecule has 1 heterocycles. The molecule has 0 aliphatic rings. The number of nitrogens with one attached hydrogen (secondary N) is 1. The van der Waals surface area contributed by atoms with Crippen LogP contribution in [0, 0.1) is 5.92 Å². The Morgan fingerprint density at radius 3 is 2.65 bits per heavy atom. The fraction of sp³-hybridized carbons (Fsp3) is 0.545. The number of aromatic nitrogens is 2. The van der Waals surface area contributed by atoms with Gasteiger partial charge in [0.2, 0.25) is 5.91 Å². The van der Waals surface area contributed by atoms with E-state index in [0.29, 0.717) is 11.4 Å². The van der Waals surface area contributed by atoms with Crippen molar-refractivity contribution < 1.29 is 4.79 Å². The highest BCUT2D eigenvalue weighted by atomic mass is 32.1. The van der Waals surface area contributed by atoms with Gasteiger partial charge < -0.3 is 11.1 Å². The molecule has 1 aromatic heterocycles. The van der Waals surface area contributed by atoms with E-state index in [2.05, 4.69) is 10.4 Å². The SMILES string of the molecule is CCC(CC)C(=O)Nc1c(C(N)=S)cnn1C. The van der Waals surface area contributed by atoms with Gasteiger partial charge in [-0.25, -0.2) is 0 Å². The van der Waals surface area contributed by atoms with Crippen molar-refractivity contribution in [1.29, 1.82) is 0 Å². The van der Waals surface area contributed by atoms with E-state index in [0.717, 1.165) is 12.8 Å². The number of thiocarbonyl (C=S) groups is 1. The van der Waals surface area contributed by atoms with Gasteiger partial charge in [-0.2, -0.15) is 5.10 Å². The van der Waals surface area contributed by atoms with E-state index in [1.807, 2.05) is 13.8 Å². The van der Waals surface area contributed by atoms with Crippen LogP contribution in [-0.4, -0.2) is 20.7 Å². The third-order valence-electron chi connectivity index (χ3n) is 2.80. The number of hydrogen-bond donors (Lipinski definition) is 2. The summed E-state index contributed by atoms with van der Waals surface area (Å²) in [5, 5.41) is 6.87. The molecular formula is C11H18N4OS. The van der Waals surface area contributed by atoms with E-state index < -0.39 is 0 Å². The van der Waals surface area contributed by atoms with Gasteiger partial charge in [-0.15, -0.1) is 0 Å². The summed E-state index contributed by atoms with van der Waals surface area (Å²) in [6, 6.07) is 0. The van der Waals surface area contributed by atoms with Crippen LogP contribution in [0.4, 0.5) is 5.82 Å². The molecule has 0 aromatic carbocycles. The number of aryl methyl sites for hydroxylation is 1. The van der Waals surface area contributed by atoms with Crippen LogP contribution < -0.4 is 11.1 Å². The minimum absolute atomic E-state index is 0.00379. The number of hydrogen-bond acceptors (Lipinski definition) is 3. The van der Waals surface area contributed by atoms with E-state index in [9.17, 15) is 4.79 Å². The van der Waals surface area contributed by atoms with E-state index in [-0.39, 0.29) is 16.8 Å². The van der Waals surface area contributed by atoms with Crippen LogP contribution >= 0.6 is 12.2 Å².